The first-order chi connectivity index (χ1) is 5.09. The van der Waals surface area contributed by atoms with Crippen molar-refractivity contribution >= 4 is 17.7 Å². The standard InChI is InChI=1S/C7H12ClNO2/c1-5(8)3-9-4-6(2)11-7(9)10/h5-6H,3-4H2,1-2H3/t5-,6-/m1/s1. The quantitative estimate of drug-likeness (QED) is 0.598. The van der Waals surface area contributed by atoms with Gasteiger partial charge in [0.15, 0.2) is 0 Å². The Hall–Kier alpha value is -0.440. The SMILES string of the molecule is C[C@@H]1CN(C[C@@H](C)Cl)C(=O)O1. The van der Waals surface area contributed by atoms with Gasteiger partial charge < -0.3 is 9.64 Å². The fourth-order valence-corrected chi connectivity index (χ4v) is 1.29. The minimum atomic E-state index is -0.245. The fraction of sp³-hybridized carbons (Fsp3) is 0.857. The third-order valence-electron chi connectivity index (χ3n) is 1.51. The smallest absolute Gasteiger partial charge is 0.410 e. The topological polar surface area (TPSA) is 29.5 Å². The van der Waals surface area contributed by atoms with E-state index in [2.05, 4.69) is 0 Å². The second kappa shape index (κ2) is 3.30. The van der Waals surface area contributed by atoms with Crippen LogP contribution in [0.3, 0.4) is 0 Å². The molecule has 0 aliphatic carbocycles. The molecule has 11 heavy (non-hydrogen) atoms. The lowest BCUT2D eigenvalue weighted by Crippen LogP contribution is -2.30. The zero-order valence-corrected chi connectivity index (χ0v) is 7.47. The number of ether oxygens (including phenoxy) is 1. The zero-order valence-electron chi connectivity index (χ0n) is 6.71. The van der Waals surface area contributed by atoms with Gasteiger partial charge in [0, 0.05) is 11.9 Å². The molecule has 0 spiro atoms. The average molecular weight is 178 g/mol. The molecule has 4 heteroatoms. The molecule has 1 saturated heterocycles. The van der Waals surface area contributed by atoms with Crippen LogP contribution in [0.15, 0.2) is 0 Å². The molecule has 0 aromatic carbocycles. The molecular weight excluding hydrogens is 166 g/mol. The summed E-state index contributed by atoms with van der Waals surface area (Å²) < 4.78 is 4.90. The zero-order chi connectivity index (χ0) is 8.43. The highest BCUT2D eigenvalue weighted by atomic mass is 35.5. The number of halogens is 1. The van der Waals surface area contributed by atoms with Crippen LogP contribution in [0, 0.1) is 0 Å². The highest BCUT2D eigenvalue weighted by Gasteiger charge is 2.28. The molecule has 1 aliphatic rings. The van der Waals surface area contributed by atoms with Gasteiger partial charge in [0.2, 0.25) is 0 Å². The summed E-state index contributed by atoms with van der Waals surface area (Å²) in [6, 6.07) is 0. The summed E-state index contributed by atoms with van der Waals surface area (Å²) in [4.78, 5) is 12.6. The van der Waals surface area contributed by atoms with Gasteiger partial charge in [0.1, 0.15) is 6.10 Å². The summed E-state index contributed by atoms with van der Waals surface area (Å²) in [5.74, 6) is 0. The van der Waals surface area contributed by atoms with E-state index in [4.69, 9.17) is 16.3 Å². The minimum Gasteiger partial charge on any atom is -0.445 e. The van der Waals surface area contributed by atoms with Crippen molar-refractivity contribution in [3.8, 4) is 0 Å². The third-order valence-corrected chi connectivity index (χ3v) is 1.65. The molecule has 0 radical (unpaired) electrons. The first kappa shape index (κ1) is 8.65. The van der Waals surface area contributed by atoms with Crippen LogP contribution < -0.4 is 0 Å². The summed E-state index contributed by atoms with van der Waals surface area (Å²) >= 11 is 5.72. The Morgan fingerprint density at radius 3 is 2.91 bits per heavy atom. The van der Waals surface area contributed by atoms with E-state index in [1.807, 2.05) is 13.8 Å². The maximum absolute atomic E-state index is 11.0. The summed E-state index contributed by atoms with van der Waals surface area (Å²) in [6.45, 7) is 4.97. The maximum Gasteiger partial charge on any atom is 0.410 e. The van der Waals surface area contributed by atoms with Crippen LogP contribution in [0.25, 0.3) is 0 Å². The van der Waals surface area contributed by atoms with E-state index >= 15 is 0 Å². The maximum atomic E-state index is 11.0. The van der Waals surface area contributed by atoms with Crippen LogP contribution in [-0.4, -0.2) is 35.6 Å². The lowest BCUT2D eigenvalue weighted by Gasteiger charge is -2.13. The normalized spacial score (nSPS) is 27.0. The van der Waals surface area contributed by atoms with Crippen LogP contribution in [0.5, 0.6) is 0 Å². The van der Waals surface area contributed by atoms with E-state index in [-0.39, 0.29) is 17.6 Å². The van der Waals surface area contributed by atoms with Crippen LogP contribution in [-0.2, 0) is 4.74 Å². The van der Waals surface area contributed by atoms with Gasteiger partial charge >= 0.3 is 6.09 Å². The second-order valence-electron chi connectivity index (χ2n) is 2.88. The Kier molecular flexibility index (Phi) is 2.60. The first-order valence-corrected chi connectivity index (χ1v) is 4.13. The van der Waals surface area contributed by atoms with Gasteiger partial charge in [0.05, 0.1) is 6.54 Å². The van der Waals surface area contributed by atoms with Gasteiger partial charge in [-0.25, -0.2) is 4.79 Å². The van der Waals surface area contributed by atoms with Crippen LogP contribution in [0.1, 0.15) is 13.8 Å². The predicted octanol–water partition coefficient (Wildman–Crippen LogP) is 1.45. The van der Waals surface area contributed by atoms with E-state index < -0.39 is 0 Å². The Balaban J connectivity index is 2.41. The van der Waals surface area contributed by atoms with Crippen molar-refractivity contribution in [3.63, 3.8) is 0 Å². The molecule has 3 nitrogen and oxygen atoms in total. The van der Waals surface area contributed by atoms with Gasteiger partial charge in [-0.1, -0.05) is 0 Å². The van der Waals surface area contributed by atoms with E-state index in [1.54, 1.807) is 4.90 Å². The molecule has 1 amide bonds. The molecule has 1 rings (SSSR count). The summed E-state index contributed by atoms with van der Waals surface area (Å²) in [7, 11) is 0. The molecule has 0 saturated carbocycles. The van der Waals surface area contributed by atoms with Gasteiger partial charge in [0.25, 0.3) is 0 Å². The highest BCUT2D eigenvalue weighted by Crippen LogP contribution is 2.11. The van der Waals surface area contributed by atoms with E-state index in [0.717, 1.165) is 0 Å². The predicted molar refractivity (Wildman–Crippen MR) is 42.8 cm³/mol. The lowest BCUT2D eigenvalue weighted by atomic mass is 10.4. The van der Waals surface area contributed by atoms with Crippen molar-refractivity contribution in [1.29, 1.82) is 0 Å². The second-order valence-corrected chi connectivity index (χ2v) is 3.63. The molecule has 0 aromatic heterocycles. The molecule has 2 atom stereocenters. The summed E-state index contributed by atoms with van der Waals surface area (Å²) in [6.07, 6.45) is -0.233. The third kappa shape index (κ3) is 2.26. The number of amides is 1. The molecule has 1 aliphatic heterocycles. The largest absolute Gasteiger partial charge is 0.445 e. The van der Waals surface area contributed by atoms with Gasteiger partial charge in [-0.05, 0) is 13.8 Å². The van der Waals surface area contributed by atoms with E-state index in [1.165, 1.54) is 0 Å². The Morgan fingerprint density at radius 1 is 1.91 bits per heavy atom. The minimum absolute atomic E-state index is 0.00662. The van der Waals surface area contributed by atoms with E-state index in [9.17, 15) is 4.79 Å². The highest BCUT2D eigenvalue weighted by molar-refractivity contribution is 6.20. The monoisotopic (exact) mass is 177 g/mol. The summed E-state index contributed by atoms with van der Waals surface area (Å²) in [5.41, 5.74) is 0. The number of carbonyl (C=O) groups is 1. The molecule has 0 bridgehead atoms. The Labute approximate surface area is 71.3 Å². The summed E-state index contributed by atoms with van der Waals surface area (Å²) in [5, 5.41) is -0.00662. The van der Waals surface area contributed by atoms with Crippen LogP contribution in [0.4, 0.5) is 4.79 Å². The van der Waals surface area contributed by atoms with Crippen molar-refractivity contribution in [2.75, 3.05) is 13.1 Å². The Morgan fingerprint density at radius 2 is 2.55 bits per heavy atom. The lowest BCUT2D eigenvalue weighted by molar-refractivity contribution is 0.138. The van der Waals surface area contributed by atoms with Crippen molar-refractivity contribution in [2.45, 2.75) is 25.3 Å². The van der Waals surface area contributed by atoms with E-state index in [0.29, 0.717) is 13.1 Å². The van der Waals surface area contributed by atoms with Crippen molar-refractivity contribution < 1.29 is 9.53 Å². The molecule has 0 aromatic rings. The molecule has 0 N–H and O–H groups in total. The number of hydrogen-bond acceptors (Lipinski definition) is 2. The van der Waals surface area contributed by atoms with Crippen molar-refractivity contribution in [2.24, 2.45) is 0 Å². The average Bonchev–Trinajstić information content (AvgIpc) is 2.09. The molecule has 1 heterocycles. The number of carbonyl (C=O) groups excluding carboxylic acids is 1. The number of rotatable bonds is 2. The molecule has 64 valence electrons. The van der Waals surface area contributed by atoms with Gasteiger partial charge in [-0.3, -0.25) is 0 Å². The fourth-order valence-electron chi connectivity index (χ4n) is 1.12. The number of cyclic esters (lactones) is 1. The van der Waals surface area contributed by atoms with Crippen LogP contribution >= 0.6 is 11.6 Å². The molecular formula is C7H12ClNO2. The number of nitrogens with zero attached hydrogens (tertiary/aromatic N) is 1. The number of alkyl halides is 1. The molecule has 0 unspecified atom stereocenters. The van der Waals surface area contributed by atoms with Crippen molar-refractivity contribution in [3.05, 3.63) is 0 Å². The molecule has 1 fully saturated rings. The van der Waals surface area contributed by atoms with Gasteiger partial charge in [-0.15, -0.1) is 11.6 Å². The van der Waals surface area contributed by atoms with Crippen molar-refractivity contribution in [1.82, 2.24) is 4.90 Å². The van der Waals surface area contributed by atoms with Gasteiger partial charge in [-0.2, -0.15) is 0 Å². The Bertz CT molecular complexity index is 161. The number of hydrogen-bond donors (Lipinski definition) is 0. The van der Waals surface area contributed by atoms with Crippen LogP contribution in [0.2, 0.25) is 0 Å². The first-order valence-electron chi connectivity index (χ1n) is 3.69.